The van der Waals surface area contributed by atoms with Crippen molar-refractivity contribution in [3.63, 3.8) is 0 Å². The van der Waals surface area contributed by atoms with E-state index in [1.807, 2.05) is 30.3 Å². The zero-order valence-corrected chi connectivity index (χ0v) is 21.6. The molecule has 2 N–H and O–H groups in total. The molecule has 2 amide bonds. The van der Waals surface area contributed by atoms with Crippen LogP contribution in [0.5, 0.6) is 0 Å². The van der Waals surface area contributed by atoms with Gasteiger partial charge in [-0.25, -0.2) is 9.59 Å². The van der Waals surface area contributed by atoms with Crippen LogP contribution in [-0.4, -0.2) is 73.7 Å². The molecule has 200 valence electrons. The zero-order chi connectivity index (χ0) is 26.5. The number of rotatable bonds is 8. The van der Waals surface area contributed by atoms with E-state index < -0.39 is 60.0 Å². The molecule has 11 nitrogen and oxygen atoms in total. The summed E-state index contributed by atoms with van der Waals surface area (Å²) in [5.74, 6) is -1.47. The molecule has 2 aliphatic rings. The van der Waals surface area contributed by atoms with Gasteiger partial charge in [0, 0.05) is 6.54 Å². The van der Waals surface area contributed by atoms with Crippen molar-refractivity contribution in [3.8, 4) is 0 Å². The molecule has 2 saturated heterocycles. The third-order valence-corrected chi connectivity index (χ3v) is 5.56. The van der Waals surface area contributed by atoms with Gasteiger partial charge in [-0.3, -0.25) is 4.79 Å². The monoisotopic (exact) mass is 508 g/mol. The van der Waals surface area contributed by atoms with Crippen LogP contribution >= 0.6 is 0 Å². The zero-order valence-electron chi connectivity index (χ0n) is 21.6. The lowest BCUT2D eigenvalue weighted by Gasteiger charge is -2.29. The molecule has 2 fully saturated rings. The molecule has 5 atom stereocenters. The number of ether oxygens (including phenoxy) is 6. The minimum atomic E-state index is -0.925. The summed E-state index contributed by atoms with van der Waals surface area (Å²) < 4.78 is 33.7. The van der Waals surface area contributed by atoms with Gasteiger partial charge >= 0.3 is 18.2 Å². The van der Waals surface area contributed by atoms with Crippen LogP contribution in [0.25, 0.3) is 0 Å². The van der Waals surface area contributed by atoms with E-state index in [0.717, 1.165) is 5.56 Å². The molecule has 1 aromatic carbocycles. The summed E-state index contributed by atoms with van der Waals surface area (Å²) in [5, 5.41) is 5.40. The highest BCUT2D eigenvalue weighted by atomic mass is 16.8. The summed E-state index contributed by atoms with van der Waals surface area (Å²) in [6.07, 6.45) is -4.06. The van der Waals surface area contributed by atoms with Crippen LogP contribution in [0.1, 0.15) is 46.6 Å². The highest BCUT2D eigenvalue weighted by Gasteiger charge is 2.57. The normalized spacial score (nSPS) is 25.4. The second kappa shape index (κ2) is 11.4. The fraction of sp³-hybridized carbons (Fsp3) is 0.640. The summed E-state index contributed by atoms with van der Waals surface area (Å²) in [6, 6.07) is 8.37. The van der Waals surface area contributed by atoms with Crippen LogP contribution in [0, 0.1) is 0 Å². The third kappa shape index (κ3) is 7.81. The van der Waals surface area contributed by atoms with Gasteiger partial charge in [-0.1, -0.05) is 30.3 Å². The maximum atomic E-state index is 12.6. The van der Waals surface area contributed by atoms with Crippen LogP contribution in [0.4, 0.5) is 9.59 Å². The molecule has 1 aromatic rings. The SMILES string of the molecule is COC(=O)C[C@H](NC(=O)OCc1ccccc1)[C@H]1O[C@H](CNC(=O)OC(C)(C)C)[C@H]2OC(C)(C)O[C@@H]12. The highest BCUT2D eigenvalue weighted by Crippen LogP contribution is 2.40. The number of fused-ring (bicyclic) bond motifs is 1. The quantitative estimate of drug-likeness (QED) is 0.402. The molecule has 36 heavy (non-hydrogen) atoms. The molecular formula is C25H36N2O9. The van der Waals surface area contributed by atoms with Crippen molar-refractivity contribution in [2.75, 3.05) is 13.7 Å². The molecule has 0 radical (unpaired) electrons. The van der Waals surface area contributed by atoms with Crippen molar-refractivity contribution in [3.05, 3.63) is 35.9 Å². The molecule has 0 bridgehead atoms. The molecule has 3 rings (SSSR count). The van der Waals surface area contributed by atoms with E-state index >= 15 is 0 Å². The van der Waals surface area contributed by atoms with Gasteiger partial charge in [0.2, 0.25) is 0 Å². The molecule has 2 aliphatic heterocycles. The third-order valence-electron chi connectivity index (χ3n) is 5.56. The Morgan fingerprint density at radius 2 is 1.72 bits per heavy atom. The maximum absolute atomic E-state index is 12.6. The molecule has 0 aliphatic carbocycles. The molecule has 11 heteroatoms. The first-order valence-electron chi connectivity index (χ1n) is 11.9. The second-order valence-electron chi connectivity index (χ2n) is 10.2. The topological polar surface area (TPSA) is 131 Å². The minimum Gasteiger partial charge on any atom is -0.469 e. The Morgan fingerprint density at radius 3 is 2.36 bits per heavy atom. The van der Waals surface area contributed by atoms with Crippen molar-refractivity contribution in [2.24, 2.45) is 0 Å². The van der Waals surface area contributed by atoms with Crippen molar-refractivity contribution < 1.29 is 42.8 Å². The Bertz CT molecular complexity index is 916. The molecule has 0 unspecified atom stereocenters. The number of nitrogens with one attached hydrogen (secondary N) is 2. The molecule has 0 aromatic heterocycles. The fourth-order valence-electron chi connectivity index (χ4n) is 4.13. The minimum absolute atomic E-state index is 0.0598. The fourth-order valence-corrected chi connectivity index (χ4v) is 4.13. The number of carbonyl (C=O) groups is 3. The average Bonchev–Trinajstić information content (AvgIpc) is 3.28. The standard InChI is InChI=1S/C25H36N2O9/c1-24(2,3)36-22(29)26-13-17-20-21(35-25(4,5)34-20)19(33-17)16(12-18(28)31-6)27-23(30)32-14-15-10-8-7-9-11-15/h7-11,16-17,19-21H,12-14H2,1-6H3,(H,26,29)(H,27,30)/t16-,17+,19+,20+,21-/m0/s1. The van der Waals surface area contributed by atoms with E-state index in [0.29, 0.717) is 0 Å². The van der Waals surface area contributed by atoms with Crippen LogP contribution in [-0.2, 0) is 39.8 Å². The predicted molar refractivity (Wildman–Crippen MR) is 127 cm³/mol. The van der Waals surface area contributed by atoms with Crippen molar-refractivity contribution in [2.45, 2.75) is 89.5 Å². The summed E-state index contributed by atoms with van der Waals surface area (Å²) in [6.45, 7) is 8.96. The van der Waals surface area contributed by atoms with Crippen LogP contribution in [0.15, 0.2) is 30.3 Å². The molecule has 0 spiro atoms. The molecule has 0 saturated carbocycles. The van der Waals surface area contributed by atoms with Gasteiger partial charge in [0.05, 0.1) is 19.6 Å². The number of carbonyl (C=O) groups excluding carboxylic acids is 3. The van der Waals surface area contributed by atoms with Gasteiger partial charge in [0.15, 0.2) is 5.79 Å². The first-order chi connectivity index (χ1) is 16.9. The molecular weight excluding hydrogens is 472 g/mol. The van der Waals surface area contributed by atoms with Gasteiger partial charge in [0.1, 0.15) is 36.6 Å². The first-order valence-corrected chi connectivity index (χ1v) is 11.9. The number of benzene rings is 1. The Balaban J connectivity index is 1.70. The lowest BCUT2D eigenvalue weighted by Crippen LogP contribution is -2.50. The van der Waals surface area contributed by atoms with Gasteiger partial charge in [0.25, 0.3) is 0 Å². The van der Waals surface area contributed by atoms with E-state index in [2.05, 4.69) is 10.6 Å². The predicted octanol–water partition coefficient (Wildman–Crippen LogP) is 2.66. The summed E-state index contributed by atoms with van der Waals surface area (Å²) in [7, 11) is 1.26. The van der Waals surface area contributed by atoms with E-state index in [9.17, 15) is 14.4 Å². The maximum Gasteiger partial charge on any atom is 0.407 e. The van der Waals surface area contributed by atoms with E-state index in [4.69, 9.17) is 28.4 Å². The number of hydrogen-bond acceptors (Lipinski definition) is 9. The highest BCUT2D eigenvalue weighted by molar-refractivity contribution is 5.73. The van der Waals surface area contributed by atoms with Gasteiger partial charge in [-0.05, 0) is 40.2 Å². The van der Waals surface area contributed by atoms with Gasteiger partial charge < -0.3 is 39.1 Å². The number of hydrogen-bond donors (Lipinski definition) is 2. The summed E-state index contributed by atoms with van der Waals surface area (Å²) in [4.78, 5) is 37.0. The average molecular weight is 509 g/mol. The van der Waals surface area contributed by atoms with Crippen LogP contribution in [0.2, 0.25) is 0 Å². The van der Waals surface area contributed by atoms with E-state index in [1.165, 1.54) is 7.11 Å². The second-order valence-corrected chi connectivity index (χ2v) is 10.2. The van der Waals surface area contributed by atoms with Crippen molar-refractivity contribution in [1.29, 1.82) is 0 Å². The van der Waals surface area contributed by atoms with Crippen molar-refractivity contribution in [1.82, 2.24) is 10.6 Å². The number of amides is 2. The van der Waals surface area contributed by atoms with Gasteiger partial charge in [-0.2, -0.15) is 0 Å². The number of methoxy groups -OCH3 is 1. The van der Waals surface area contributed by atoms with E-state index in [1.54, 1.807) is 34.6 Å². The van der Waals surface area contributed by atoms with Gasteiger partial charge in [-0.15, -0.1) is 0 Å². The lowest BCUT2D eigenvalue weighted by atomic mass is 10.00. The number of alkyl carbamates (subject to hydrolysis) is 2. The molecule has 2 heterocycles. The van der Waals surface area contributed by atoms with Crippen LogP contribution < -0.4 is 10.6 Å². The van der Waals surface area contributed by atoms with Crippen LogP contribution in [0.3, 0.4) is 0 Å². The Hall–Kier alpha value is -2.89. The largest absolute Gasteiger partial charge is 0.469 e. The Morgan fingerprint density at radius 1 is 1.06 bits per heavy atom. The smallest absolute Gasteiger partial charge is 0.407 e. The Labute approximate surface area is 211 Å². The lowest BCUT2D eigenvalue weighted by molar-refractivity contribution is -0.189. The Kier molecular flexibility index (Phi) is 8.80. The summed E-state index contributed by atoms with van der Waals surface area (Å²) in [5.41, 5.74) is 0.160. The van der Waals surface area contributed by atoms with E-state index in [-0.39, 0.29) is 19.6 Å². The first kappa shape index (κ1) is 27.7. The number of esters is 1. The summed E-state index contributed by atoms with van der Waals surface area (Å²) >= 11 is 0. The van der Waals surface area contributed by atoms with Crippen molar-refractivity contribution >= 4 is 18.2 Å².